The fourth-order valence-electron chi connectivity index (χ4n) is 1.91. The highest BCUT2D eigenvalue weighted by Crippen LogP contribution is 2.28. The number of nitrogens with zero attached hydrogens (tertiary/aromatic N) is 1. The van der Waals surface area contributed by atoms with Gasteiger partial charge in [0, 0.05) is 11.3 Å². The molecule has 0 aromatic heterocycles. The molecule has 0 bridgehead atoms. The molecular formula is C14H20N2O3. The predicted molar refractivity (Wildman–Crippen MR) is 73.0 cm³/mol. The summed E-state index contributed by atoms with van der Waals surface area (Å²) < 4.78 is 11.0. The van der Waals surface area contributed by atoms with Crippen LogP contribution in [0, 0.1) is 0 Å². The molecule has 1 aromatic rings. The number of benzene rings is 1. The van der Waals surface area contributed by atoms with Crippen LogP contribution in [0.4, 0.5) is 10.5 Å². The molecule has 5 heteroatoms. The van der Waals surface area contributed by atoms with E-state index in [-0.39, 0.29) is 6.09 Å². The third-order valence-corrected chi connectivity index (χ3v) is 2.79. The molecule has 1 aromatic carbocycles. The Morgan fingerprint density at radius 3 is 2.84 bits per heavy atom. The molecule has 0 aliphatic carbocycles. The highest BCUT2D eigenvalue weighted by Gasteiger charge is 2.25. The largest absolute Gasteiger partial charge is 0.491 e. The van der Waals surface area contributed by atoms with E-state index in [2.05, 4.69) is 0 Å². The standard InChI is InChI=1S/C14H20N2O3/c1-14(2,3)19-13(17)16-7-8-18-12-6-4-5-11(15)10(12)9-16/h4-6H,7-9,15H2,1-3H3. The number of hydrogen-bond donors (Lipinski definition) is 1. The van der Waals surface area contributed by atoms with Crippen LogP contribution in [-0.2, 0) is 11.3 Å². The second kappa shape index (κ2) is 4.99. The lowest BCUT2D eigenvalue weighted by Gasteiger charge is -2.26. The van der Waals surface area contributed by atoms with Crippen molar-refractivity contribution in [3.05, 3.63) is 23.8 Å². The molecule has 5 nitrogen and oxygen atoms in total. The summed E-state index contributed by atoms with van der Waals surface area (Å²) in [5, 5.41) is 0. The van der Waals surface area contributed by atoms with Crippen molar-refractivity contribution in [2.24, 2.45) is 0 Å². The van der Waals surface area contributed by atoms with Crippen molar-refractivity contribution < 1.29 is 14.3 Å². The van der Waals surface area contributed by atoms with Crippen LogP contribution in [0.15, 0.2) is 18.2 Å². The molecule has 0 saturated heterocycles. The second-order valence-electron chi connectivity index (χ2n) is 5.57. The number of nitrogens with two attached hydrogens (primary N) is 1. The summed E-state index contributed by atoms with van der Waals surface area (Å²) in [6.45, 7) is 6.89. The minimum Gasteiger partial charge on any atom is -0.491 e. The SMILES string of the molecule is CC(C)(C)OC(=O)N1CCOc2cccc(N)c2C1. The molecule has 2 rings (SSSR count). The fraction of sp³-hybridized carbons (Fsp3) is 0.500. The minimum atomic E-state index is -0.505. The normalized spacial score (nSPS) is 15.2. The summed E-state index contributed by atoms with van der Waals surface area (Å²) in [5.74, 6) is 0.742. The molecule has 2 N–H and O–H groups in total. The molecular weight excluding hydrogens is 244 g/mol. The Kier molecular flexibility index (Phi) is 3.55. The molecule has 19 heavy (non-hydrogen) atoms. The zero-order valence-electron chi connectivity index (χ0n) is 11.6. The highest BCUT2D eigenvalue weighted by atomic mass is 16.6. The first kappa shape index (κ1) is 13.5. The fourth-order valence-corrected chi connectivity index (χ4v) is 1.91. The van der Waals surface area contributed by atoms with E-state index in [1.54, 1.807) is 11.0 Å². The van der Waals surface area contributed by atoms with Gasteiger partial charge < -0.3 is 20.1 Å². The summed E-state index contributed by atoms with van der Waals surface area (Å²) >= 11 is 0. The van der Waals surface area contributed by atoms with E-state index in [1.807, 2.05) is 32.9 Å². The summed E-state index contributed by atoms with van der Waals surface area (Å²) in [6, 6.07) is 5.52. The van der Waals surface area contributed by atoms with Crippen LogP contribution in [0.2, 0.25) is 0 Å². The number of carbonyl (C=O) groups excluding carboxylic acids is 1. The Morgan fingerprint density at radius 1 is 1.42 bits per heavy atom. The predicted octanol–water partition coefficient (Wildman–Crippen LogP) is 2.40. The lowest BCUT2D eigenvalue weighted by molar-refractivity contribution is 0.0226. The van der Waals surface area contributed by atoms with Crippen molar-refractivity contribution in [1.82, 2.24) is 4.90 Å². The quantitative estimate of drug-likeness (QED) is 0.731. The number of anilines is 1. The van der Waals surface area contributed by atoms with Crippen molar-refractivity contribution in [3.63, 3.8) is 0 Å². The van der Waals surface area contributed by atoms with Crippen molar-refractivity contribution in [2.75, 3.05) is 18.9 Å². The molecule has 0 saturated carbocycles. The first-order chi connectivity index (χ1) is 8.87. The molecule has 1 heterocycles. The molecule has 1 aliphatic rings. The van der Waals surface area contributed by atoms with Crippen molar-refractivity contribution in [1.29, 1.82) is 0 Å². The first-order valence-electron chi connectivity index (χ1n) is 6.35. The molecule has 1 aliphatic heterocycles. The summed E-state index contributed by atoms with van der Waals surface area (Å²) in [6.07, 6.45) is -0.341. The van der Waals surface area contributed by atoms with E-state index in [9.17, 15) is 4.79 Å². The number of amides is 1. The van der Waals surface area contributed by atoms with Crippen molar-refractivity contribution in [2.45, 2.75) is 32.9 Å². The van der Waals surface area contributed by atoms with Gasteiger partial charge in [0.25, 0.3) is 0 Å². The maximum Gasteiger partial charge on any atom is 0.410 e. The van der Waals surface area contributed by atoms with Crippen LogP contribution in [0.1, 0.15) is 26.3 Å². The summed E-state index contributed by atoms with van der Waals surface area (Å²) in [4.78, 5) is 13.7. The van der Waals surface area contributed by atoms with Gasteiger partial charge >= 0.3 is 6.09 Å². The zero-order valence-corrected chi connectivity index (χ0v) is 11.6. The summed E-state index contributed by atoms with van der Waals surface area (Å²) in [7, 11) is 0. The van der Waals surface area contributed by atoms with E-state index in [1.165, 1.54) is 0 Å². The van der Waals surface area contributed by atoms with Gasteiger partial charge in [0.2, 0.25) is 0 Å². The third kappa shape index (κ3) is 3.30. The Hall–Kier alpha value is -1.91. The average molecular weight is 264 g/mol. The third-order valence-electron chi connectivity index (χ3n) is 2.79. The monoisotopic (exact) mass is 264 g/mol. The Balaban J connectivity index is 2.18. The van der Waals surface area contributed by atoms with Gasteiger partial charge in [-0.05, 0) is 32.9 Å². The van der Waals surface area contributed by atoms with Gasteiger partial charge in [-0.15, -0.1) is 0 Å². The molecule has 1 amide bonds. The number of nitrogen functional groups attached to an aromatic ring is 1. The smallest absolute Gasteiger partial charge is 0.410 e. The molecule has 0 spiro atoms. The zero-order chi connectivity index (χ0) is 14.0. The highest BCUT2D eigenvalue weighted by molar-refractivity contribution is 5.69. The van der Waals surface area contributed by atoms with E-state index >= 15 is 0 Å². The topological polar surface area (TPSA) is 64.8 Å². The van der Waals surface area contributed by atoms with Crippen LogP contribution in [0.25, 0.3) is 0 Å². The Labute approximate surface area is 113 Å². The number of ether oxygens (including phenoxy) is 2. The van der Waals surface area contributed by atoms with Crippen LogP contribution < -0.4 is 10.5 Å². The number of fused-ring (bicyclic) bond motifs is 1. The lowest BCUT2D eigenvalue weighted by atomic mass is 10.1. The second-order valence-corrected chi connectivity index (χ2v) is 5.57. The summed E-state index contributed by atoms with van der Waals surface area (Å²) in [5.41, 5.74) is 6.91. The minimum absolute atomic E-state index is 0.341. The van der Waals surface area contributed by atoms with E-state index < -0.39 is 5.60 Å². The van der Waals surface area contributed by atoms with Crippen LogP contribution in [0.3, 0.4) is 0 Å². The molecule has 0 radical (unpaired) electrons. The van der Waals surface area contributed by atoms with Gasteiger partial charge in [0.15, 0.2) is 0 Å². The first-order valence-corrected chi connectivity index (χ1v) is 6.35. The van der Waals surface area contributed by atoms with E-state index in [4.69, 9.17) is 15.2 Å². The van der Waals surface area contributed by atoms with Crippen molar-refractivity contribution >= 4 is 11.8 Å². The van der Waals surface area contributed by atoms with E-state index in [0.29, 0.717) is 25.4 Å². The average Bonchev–Trinajstić information content (AvgIpc) is 2.50. The van der Waals surface area contributed by atoms with Crippen LogP contribution >= 0.6 is 0 Å². The van der Waals surface area contributed by atoms with Crippen LogP contribution in [-0.4, -0.2) is 29.7 Å². The van der Waals surface area contributed by atoms with Crippen LogP contribution in [0.5, 0.6) is 5.75 Å². The molecule has 0 unspecified atom stereocenters. The molecule has 0 fully saturated rings. The number of carbonyl (C=O) groups is 1. The molecule has 0 atom stereocenters. The van der Waals surface area contributed by atoms with Gasteiger partial charge in [-0.3, -0.25) is 0 Å². The van der Waals surface area contributed by atoms with Gasteiger partial charge in [-0.2, -0.15) is 0 Å². The maximum absolute atomic E-state index is 12.1. The van der Waals surface area contributed by atoms with Gasteiger partial charge in [0.1, 0.15) is 18.0 Å². The maximum atomic E-state index is 12.1. The Morgan fingerprint density at radius 2 is 2.16 bits per heavy atom. The number of rotatable bonds is 0. The van der Waals surface area contributed by atoms with Gasteiger partial charge in [-0.25, -0.2) is 4.79 Å². The number of hydrogen-bond acceptors (Lipinski definition) is 4. The van der Waals surface area contributed by atoms with Gasteiger partial charge in [-0.1, -0.05) is 6.07 Å². The lowest BCUT2D eigenvalue weighted by Crippen LogP contribution is -2.37. The van der Waals surface area contributed by atoms with Gasteiger partial charge in [0.05, 0.1) is 13.1 Å². The van der Waals surface area contributed by atoms with E-state index in [0.717, 1.165) is 11.3 Å². The Bertz CT molecular complexity index is 480. The van der Waals surface area contributed by atoms with Crippen molar-refractivity contribution in [3.8, 4) is 5.75 Å². The molecule has 104 valence electrons.